The molecule has 1 aliphatic heterocycles. The predicted molar refractivity (Wildman–Crippen MR) is 67.3 cm³/mol. The van der Waals surface area contributed by atoms with Gasteiger partial charge in [-0.2, -0.15) is 0 Å². The van der Waals surface area contributed by atoms with Crippen molar-refractivity contribution in [3.8, 4) is 0 Å². The molecule has 0 saturated carbocycles. The van der Waals surface area contributed by atoms with Gasteiger partial charge in [0.25, 0.3) is 0 Å². The number of hydrogen-bond donors (Lipinski definition) is 3. The monoisotopic (exact) mass is 298 g/mol. The molecule has 0 unspecified atom stereocenters. The van der Waals surface area contributed by atoms with E-state index in [-0.39, 0.29) is 23.4 Å². The summed E-state index contributed by atoms with van der Waals surface area (Å²) in [6, 6.07) is 1.17. The maximum atomic E-state index is 13.3. The minimum atomic E-state index is -1.30. The molecule has 1 atom stereocenters. The zero-order chi connectivity index (χ0) is 15.6. The molecule has 1 aromatic carbocycles. The molecule has 1 heterocycles. The standard InChI is InChI=1S/C13H12F2N2O4/c1-21-5-9-10(12(18)19)11(17-13(20)16-9)6-2-3-7(14)8(15)4-6/h2-4,11H,5H2,1H3,(H,18,19)(H2,16,17,20)/t11-/m0/s1. The van der Waals surface area contributed by atoms with Gasteiger partial charge in [-0.3, -0.25) is 0 Å². The van der Waals surface area contributed by atoms with Gasteiger partial charge in [0, 0.05) is 7.11 Å². The zero-order valence-electron chi connectivity index (χ0n) is 10.9. The number of carbonyl (C=O) groups excluding carboxylic acids is 1. The molecule has 112 valence electrons. The Morgan fingerprint density at radius 2 is 2.10 bits per heavy atom. The van der Waals surface area contributed by atoms with Gasteiger partial charge in [0.15, 0.2) is 11.6 Å². The molecule has 1 aromatic rings. The summed E-state index contributed by atoms with van der Waals surface area (Å²) in [5.41, 5.74) is -0.0132. The van der Waals surface area contributed by atoms with Gasteiger partial charge in [0.05, 0.1) is 23.9 Å². The fourth-order valence-corrected chi connectivity index (χ4v) is 2.07. The van der Waals surface area contributed by atoms with Crippen molar-refractivity contribution < 1.29 is 28.2 Å². The van der Waals surface area contributed by atoms with Gasteiger partial charge in [-0.1, -0.05) is 6.07 Å². The number of halogens is 2. The minimum absolute atomic E-state index is 0.0588. The number of hydrogen-bond acceptors (Lipinski definition) is 3. The van der Waals surface area contributed by atoms with Crippen LogP contribution in [0, 0.1) is 11.6 Å². The summed E-state index contributed by atoms with van der Waals surface area (Å²) < 4.78 is 31.1. The van der Waals surface area contributed by atoms with E-state index in [1.54, 1.807) is 0 Å². The molecule has 0 radical (unpaired) electrons. The molecule has 0 aliphatic carbocycles. The number of benzene rings is 1. The first kappa shape index (κ1) is 14.9. The molecule has 0 aromatic heterocycles. The van der Waals surface area contributed by atoms with Crippen LogP contribution in [0.1, 0.15) is 11.6 Å². The van der Waals surface area contributed by atoms with Crippen molar-refractivity contribution in [2.45, 2.75) is 6.04 Å². The third-order valence-corrected chi connectivity index (χ3v) is 2.95. The Kier molecular flexibility index (Phi) is 4.18. The third kappa shape index (κ3) is 3.00. The average molecular weight is 298 g/mol. The molecule has 1 aliphatic rings. The summed E-state index contributed by atoms with van der Waals surface area (Å²) >= 11 is 0. The number of rotatable bonds is 4. The number of carbonyl (C=O) groups is 2. The van der Waals surface area contributed by atoms with E-state index in [9.17, 15) is 23.5 Å². The summed E-state index contributed by atoms with van der Waals surface area (Å²) in [6.45, 7) is -0.130. The van der Waals surface area contributed by atoms with Crippen LogP contribution in [0.25, 0.3) is 0 Å². The second-order valence-electron chi connectivity index (χ2n) is 4.34. The number of carboxylic acid groups (broad SMARTS) is 1. The van der Waals surface area contributed by atoms with E-state index in [2.05, 4.69) is 10.6 Å². The molecule has 6 nitrogen and oxygen atoms in total. The lowest BCUT2D eigenvalue weighted by atomic mass is 9.95. The topological polar surface area (TPSA) is 87.7 Å². The van der Waals surface area contributed by atoms with Crippen LogP contribution >= 0.6 is 0 Å². The lowest BCUT2D eigenvalue weighted by molar-refractivity contribution is -0.133. The van der Waals surface area contributed by atoms with Crippen molar-refractivity contribution in [1.82, 2.24) is 10.6 Å². The Morgan fingerprint density at radius 3 is 2.67 bits per heavy atom. The lowest BCUT2D eigenvalue weighted by Crippen LogP contribution is -2.46. The molecule has 0 bridgehead atoms. The molecule has 3 N–H and O–H groups in total. The SMILES string of the molecule is COCC1=C(C(=O)O)[C@H](c2ccc(F)c(F)c2)NC(=O)N1. The van der Waals surface area contributed by atoms with E-state index in [0.717, 1.165) is 12.1 Å². The van der Waals surface area contributed by atoms with Crippen molar-refractivity contribution >= 4 is 12.0 Å². The Balaban J connectivity index is 2.52. The average Bonchev–Trinajstić information content (AvgIpc) is 2.41. The number of methoxy groups -OCH3 is 1. The summed E-state index contributed by atoms with van der Waals surface area (Å²) in [4.78, 5) is 23.0. The van der Waals surface area contributed by atoms with Crippen molar-refractivity contribution in [2.24, 2.45) is 0 Å². The first-order valence-corrected chi connectivity index (χ1v) is 5.91. The van der Waals surface area contributed by atoms with E-state index < -0.39 is 29.7 Å². The Labute approximate surface area is 118 Å². The van der Waals surface area contributed by atoms with Crippen molar-refractivity contribution in [2.75, 3.05) is 13.7 Å². The van der Waals surface area contributed by atoms with E-state index in [1.807, 2.05) is 0 Å². The largest absolute Gasteiger partial charge is 0.478 e. The van der Waals surface area contributed by atoms with Gasteiger partial charge < -0.3 is 20.5 Å². The summed E-state index contributed by atoms with van der Waals surface area (Å²) in [7, 11) is 1.34. The molecule has 2 rings (SSSR count). The van der Waals surface area contributed by atoms with E-state index in [1.165, 1.54) is 13.2 Å². The number of aliphatic carboxylic acids is 1. The number of nitrogens with one attached hydrogen (secondary N) is 2. The molecule has 0 spiro atoms. The summed E-state index contributed by atoms with van der Waals surface area (Å²) in [5.74, 6) is -3.49. The quantitative estimate of drug-likeness (QED) is 0.782. The van der Waals surface area contributed by atoms with Gasteiger partial charge in [0.1, 0.15) is 0 Å². The van der Waals surface area contributed by atoms with E-state index in [0.29, 0.717) is 0 Å². The maximum Gasteiger partial charge on any atom is 0.335 e. The number of amides is 2. The van der Waals surface area contributed by atoms with Gasteiger partial charge >= 0.3 is 12.0 Å². The first-order valence-electron chi connectivity index (χ1n) is 5.91. The lowest BCUT2D eigenvalue weighted by Gasteiger charge is -2.28. The van der Waals surface area contributed by atoms with Crippen LogP contribution < -0.4 is 10.6 Å². The van der Waals surface area contributed by atoms with Crippen LogP contribution in [0.4, 0.5) is 13.6 Å². The second kappa shape index (κ2) is 5.88. The fraction of sp³-hybridized carbons (Fsp3) is 0.231. The van der Waals surface area contributed by atoms with E-state index in [4.69, 9.17) is 4.74 Å². The van der Waals surface area contributed by atoms with Crippen molar-refractivity contribution in [3.63, 3.8) is 0 Å². The molecule has 0 saturated heterocycles. The zero-order valence-corrected chi connectivity index (χ0v) is 10.9. The Hall–Kier alpha value is -2.48. The van der Waals surface area contributed by atoms with Gasteiger partial charge in [0.2, 0.25) is 0 Å². The van der Waals surface area contributed by atoms with E-state index >= 15 is 0 Å². The summed E-state index contributed by atoms with van der Waals surface area (Å²) in [6.07, 6.45) is 0. The molecule has 0 fully saturated rings. The Morgan fingerprint density at radius 1 is 1.38 bits per heavy atom. The number of carboxylic acids is 1. The van der Waals surface area contributed by atoms with Gasteiger partial charge in [-0.05, 0) is 17.7 Å². The predicted octanol–water partition coefficient (Wildman–Crippen LogP) is 1.30. The highest BCUT2D eigenvalue weighted by atomic mass is 19.2. The number of ether oxygens (including phenoxy) is 1. The Bertz CT molecular complexity index is 631. The molecular weight excluding hydrogens is 286 g/mol. The first-order chi connectivity index (χ1) is 9.93. The molecule has 21 heavy (non-hydrogen) atoms. The normalized spacial score (nSPS) is 18.2. The number of urea groups is 1. The van der Waals surface area contributed by atoms with Crippen LogP contribution in [-0.2, 0) is 9.53 Å². The third-order valence-electron chi connectivity index (χ3n) is 2.95. The molecule has 2 amide bonds. The van der Waals surface area contributed by atoms with Crippen molar-refractivity contribution in [3.05, 3.63) is 46.7 Å². The highest BCUT2D eigenvalue weighted by molar-refractivity contribution is 5.93. The van der Waals surface area contributed by atoms with Gasteiger partial charge in [-0.25, -0.2) is 18.4 Å². The van der Waals surface area contributed by atoms with Crippen molar-refractivity contribution in [1.29, 1.82) is 0 Å². The maximum absolute atomic E-state index is 13.3. The fourth-order valence-electron chi connectivity index (χ4n) is 2.07. The smallest absolute Gasteiger partial charge is 0.335 e. The molecule has 8 heteroatoms. The van der Waals surface area contributed by atoms with Crippen LogP contribution in [0.2, 0.25) is 0 Å². The highest BCUT2D eigenvalue weighted by Gasteiger charge is 2.33. The van der Waals surface area contributed by atoms with Crippen LogP contribution in [0.15, 0.2) is 29.5 Å². The van der Waals surface area contributed by atoms with Crippen LogP contribution in [-0.4, -0.2) is 30.8 Å². The van der Waals surface area contributed by atoms with Crippen LogP contribution in [0.5, 0.6) is 0 Å². The molecular formula is C13H12F2N2O4. The van der Waals surface area contributed by atoms with Gasteiger partial charge in [-0.15, -0.1) is 0 Å². The van der Waals surface area contributed by atoms with Crippen LogP contribution in [0.3, 0.4) is 0 Å². The minimum Gasteiger partial charge on any atom is -0.478 e. The highest BCUT2D eigenvalue weighted by Crippen LogP contribution is 2.27. The summed E-state index contributed by atoms with van der Waals surface area (Å²) in [5, 5.41) is 14.0. The second-order valence-corrected chi connectivity index (χ2v) is 4.34.